The summed E-state index contributed by atoms with van der Waals surface area (Å²) in [7, 11) is 0. The first-order valence-corrected chi connectivity index (χ1v) is 7.64. The Bertz CT molecular complexity index is 606. The van der Waals surface area contributed by atoms with Gasteiger partial charge in [-0.1, -0.05) is 49.9 Å². The molecule has 0 saturated carbocycles. The summed E-state index contributed by atoms with van der Waals surface area (Å²) in [5.41, 5.74) is 0.612. The summed E-state index contributed by atoms with van der Waals surface area (Å²) in [4.78, 5) is 10.9. The second kappa shape index (κ2) is 8.22. The smallest absolute Gasteiger partial charge is 0.358 e. The van der Waals surface area contributed by atoms with Crippen LogP contribution in [0.5, 0.6) is 5.75 Å². The van der Waals surface area contributed by atoms with E-state index in [1.807, 2.05) is 24.3 Å². The van der Waals surface area contributed by atoms with Crippen molar-refractivity contribution in [1.82, 2.24) is 5.16 Å². The largest absolute Gasteiger partial charge is 0.493 e. The zero-order chi connectivity index (χ0) is 15.8. The number of ether oxygens (including phenoxy) is 1. The first-order chi connectivity index (χ1) is 10.7. The highest BCUT2D eigenvalue weighted by molar-refractivity contribution is 5.86. The summed E-state index contributed by atoms with van der Waals surface area (Å²) < 4.78 is 10.9. The van der Waals surface area contributed by atoms with Crippen molar-refractivity contribution < 1.29 is 19.2 Å². The molecule has 1 heterocycles. The van der Waals surface area contributed by atoms with Gasteiger partial charge >= 0.3 is 5.97 Å². The van der Waals surface area contributed by atoms with Crippen LogP contribution in [0.3, 0.4) is 0 Å². The maximum absolute atomic E-state index is 10.9. The lowest BCUT2D eigenvalue weighted by molar-refractivity contribution is 0.0686. The minimum absolute atomic E-state index is 0.107. The molecule has 118 valence electrons. The second-order valence-electron chi connectivity index (χ2n) is 5.14. The summed E-state index contributed by atoms with van der Waals surface area (Å²) in [6, 6.07) is 8.82. The van der Waals surface area contributed by atoms with E-state index in [-0.39, 0.29) is 5.69 Å². The van der Waals surface area contributed by atoms with E-state index in [0.717, 1.165) is 18.4 Å². The Labute approximate surface area is 129 Å². The monoisotopic (exact) mass is 303 g/mol. The van der Waals surface area contributed by atoms with E-state index in [4.69, 9.17) is 14.4 Å². The van der Waals surface area contributed by atoms with Crippen LogP contribution in [0.15, 0.2) is 34.9 Å². The molecule has 1 aromatic heterocycles. The van der Waals surface area contributed by atoms with E-state index in [0.29, 0.717) is 18.1 Å². The quantitative estimate of drug-likeness (QED) is 0.695. The molecular weight excluding hydrogens is 282 g/mol. The highest BCUT2D eigenvalue weighted by atomic mass is 16.5. The molecule has 0 unspecified atom stereocenters. The number of hydrogen-bond donors (Lipinski definition) is 1. The van der Waals surface area contributed by atoms with Crippen molar-refractivity contribution in [2.45, 2.75) is 39.0 Å². The fourth-order valence-corrected chi connectivity index (χ4v) is 2.19. The van der Waals surface area contributed by atoms with Crippen LogP contribution < -0.4 is 4.74 Å². The maximum atomic E-state index is 10.9. The summed E-state index contributed by atoms with van der Waals surface area (Å²) in [5, 5.41) is 12.4. The summed E-state index contributed by atoms with van der Waals surface area (Å²) in [6.45, 7) is 2.83. The Balaban J connectivity index is 1.98. The van der Waals surface area contributed by atoms with Crippen molar-refractivity contribution in [2.75, 3.05) is 6.61 Å². The van der Waals surface area contributed by atoms with Crippen LogP contribution in [0, 0.1) is 0 Å². The van der Waals surface area contributed by atoms with Gasteiger partial charge in [-0.25, -0.2) is 4.79 Å². The number of carbonyl (C=O) groups is 1. The third-order valence-electron chi connectivity index (χ3n) is 3.39. The van der Waals surface area contributed by atoms with Gasteiger partial charge in [-0.3, -0.25) is 0 Å². The van der Waals surface area contributed by atoms with Gasteiger partial charge < -0.3 is 14.4 Å². The first kappa shape index (κ1) is 16.1. The predicted molar refractivity (Wildman–Crippen MR) is 83.2 cm³/mol. The van der Waals surface area contributed by atoms with E-state index in [1.54, 1.807) is 0 Å². The third kappa shape index (κ3) is 4.35. The van der Waals surface area contributed by atoms with Crippen LogP contribution in [0.4, 0.5) is 0 Å². The van der Waals surface area contributed by atoms with Crippen molar-refractivity contribution in [3.8, 4) is 17.1 Å². The molecule has 0 bridgehead atoms. The molecule has 22 heavy (non-hydrogen) atoms. The van der Waals surface area contributed by atoms with E-state index in [1.165, 1.54) is 25.3 Å². The molecule has 0 aliphatic rings. The number of carboxylic acid groups (broad SMARTS) is 1. The molecule has 5 nitrogen and oxygen atoms in total. The molecule has 0 aliphatic carbocycles. The van der Waals surface area contributed by atoms with Crippen LogP contribution in [0.25, 0.3) is 11.3 Å². The second-order valence-corrected chi connectivity index (χ2v) is 5.14. The predicted octanol–water partition coefficient (Wildman–Crippen LogP) is 4.39. The molecule has 2 rings (SSSR count). The van der Waals surface area contributed by atoms with Gasteiger partial charge in [0.15, 0.2) is 11.5 Å². The number of aromatic carboxylic acids is 1. The van der Waals surface area contributed by atoms with Crippen molar-refractivity contribution in [3.05, 3.63) is 36.0 Å². The lowest BCUT2D eigenvalue weighted by Gasteiger charge is -2.09. The lowest BCUT2D eigenvalue weighted by atomic mass is 10.1. The minimum Gasteiger partial charge on any atom is -0.493 e. The summed E-state index contributed by atoms with van der Waals surface area (Å²) in [6.07, 6.45) is 5.87. The highest BCUT2D eigenvalue weighted by Crippen LogP contribution is 2.30. The van der Waals surface area contributed by atoms with Crippen molar-refractivity contribution in [3.63, 3.8) is 0 Å². The molecular formula is C17H21NO4. The van der Waals surface area contributed by atoms with Gasteiger partial charge in [0, 0.05) is 6.07 Å². The Morgan fingerprint density at radius 2 is 2.00 bits per heavy atom. The Morgan fingerprint density at radius 1 is 1.23 bits per heavy atom. The summed E-state index contributed by atoms with van der Waals surface area (Å²) >= 11 is 0. The molecule has 5 heteroatoms. The van der Waals surface area contributed by atoms with E-state index < -0.39 is 5.97 Å². The van der Waals surface area contributed by atoms with Crippen LogP contribution >= 0.6 is 0 Å². The van der Waals surface area contributed by atoms with Gasteiger partial charge in [0.05, 0.1) is 12.2 Å². The van der Waals surface area contributed by atoms with E-state index >= 15 is 0 Å². The Kier molecular flexibility index (Phi) is 6.01. The number of carboxylic acids is 1. The molecule has 1 aromatic carbocycles. The topological polar surface area (TPSA) is 72.6 Å². The molecule has 0 amide bonds. The number of para-hydroxylation sites is 1. The van der Waals surface area contributed by atoms with Gasteiger partial charge in [-0.05, 0) is 18.6 Å². The normalized spacial score (nSPS) is 10.6. The number of benzene rings is 1. The molecule has 1 N–H and O–H groups in total. The third-order valence-corrected chi connectivity index (χ3v) is 3.39. The first-order valence-electron chi connectivity index (χ1n) is 7.64. The number of hydrogen-bond acceptors (Lipinski definition) is 4. The van der Waals surface area contributed by atoms with Crippen LogP contribution in [0.1, 0.15) is 49.5 Å². The van der Waals surface area contributed by atoms with Crippen molar-refractivity contribution in [1.29, 1.82) is 0 Å². The Hall–Kier alpha value is -2.30. The standard InChI is InChI=1S/C17H21NO4/c1-2-3-4-5-8-11-21-15-10-7-6-9-13(15)16-12-14(17(19)20)18-22-16/h6-7,9-10,12H,2-5,8,11H2,1H3,(H,19,20). The lowest BCUT2D eigenvalue weighted by Crippen LogP contribution is -1.98. The molecule has 0 radical (unpaired) electrons. The van der Waals surface area contributed by atoms with Gasteiger partial charge in [0.25, 0.3) is 0 Å². The van der Waals surface area contributed by atoms with E-state index in [9.17, 15) is 4.79 Å². The van der Waals surface area contributed by atoms with Gasteiger partial charge in [-0.2, -0.15) is 0 Å². The number of nitrogens with zero attached hydrogens (tertiary/aromatic N) is 1. The van der Waals surface area contributed by atoms with Crippen molar-refractivity contribution in [2.24, 2.45) is 0 Å². The molecule has 0 fully saturated rings. The van der Waals surface area contributed by atoms with Crippen LogP contribution in [-0.2, 0) is 0 Å². The van der Waals surface area contributed by atoms with Crippen molar-refractivity contribution >= 4 is 5.97 Å². The fourth-order valence-electron chi connectivity index (χ4n) is 2.19. The molecule has 0 saturated heterocycles. The fraction of sp³-hybridized carbons (Fsp3) is 0.412. The highest BCUT2D eigenvalue weighted by Gasteiger charge is 2.15. The Morgan fingerprint density at radius 3 is 2.73 bits per heavy atom. The molecule has 2 aromatic rings. The zero-order valence-corrected chi connectivity index (χ0v) is 12.7. The van der Waals surface area contributed by atoms with Crippen LogP contribution in [0.2, 0.25) is 0 Å². The zero-order valence-electron chi connectivity index (χ0n) is 12.7. The summed E-state index contributed by atoms with van der Waals surface area (Å²) in [5.74, 6) is -0.0191. The minimum atomic E-state index is -1.11. The maximum Gasteiger partial charge on any atom is 0.358 e. The van der Waals surface area contributed by atoms with Crippen LogP contribution in [-0.4, -0.2) is 22.8 Å². The number of aromatic nitrogens is 1. The number of rotatable bonds is 9. The van der Waals surface area contributed by atoms with Gasteiger partial charge in [-0.15, -0.1) is 0 Å². The SMILES string of the molecule is CCCCCCCOc1ccccc1-c1cc(C(=O)O)no1. The number of unbranched alkanes of at least 4 members (excludes halogenated alkanes) is 4. The molecule has 0 atom stereocenters. The average molecular weight is 303 g/mol. The van der Waals surface area contributed by atoms with Gasteiger partial charge in [0.1, 0.15) is 5.75 Å². The average Bonchev–Trinajstić information content (AvgIpc) is 3.01. The van der Waals surface area contributed by atoms with E-state index in [2.05, 4.69) is 12.1 Å². The molecule has 0 aliphatic heterocycles. The molecule has 0 spiro atoms. The van der Waals surface area contributed by atoms with Gasteiger partial charge in [0.2, 0.25) is 0 Å².